The van der Waals surface area contributed by atoms with E-state index in [0.717, 1.165) is 29.3 Å². The van der Waals surface area contributed by atoms with Crippen LogP contribution in [-0.2, 0) is 13.0 Å². The molecule has 3 nitrogen and oxygen atoms in total. The molecule has 1 heterocycles. The average Bonchev–Trinajstić information content (AvgIpc) is 2.44. The topological polar surface area (TPSA) is 46.3 Å². The van der Waals surface area contributed by atoms with Crippen molar-refractivity contribution in [1.82, 2.24) is 4.90 Å². The van der Waals surface area contributed by atoms with Crippen LogP contribution in [0.5, 0.6) is 0 Å². The van der Waals surface area contributed by atoms with Gasteiger partial charge in [-0.25, -0.2) is 8.78 Å². The summed E-state index contributed by atoms with van der Waals surface area (Å²) in [4.78, 5) is 13.9. The third kappa shape index (κ3) is 2.72. The molecular formula is C16H14F2N2O. The standard InChI is InChI=1S/C16H14F2N2O/c17-13-5-11(6-14(18)8-13)16(21)20-4-3-10-1-2-15(19)7-12(10)9-20/h1-2,5-8H,3-4,9,19H2. The van der Waals surface area contributed by atoms with E-state index in [1.54, 1.807) is 4.90 Å². The molecule has 0 atom stereocenters. The Kier molecular flexibility index (Phi) is 3.33. The normalized spacial score (nSPS) is 13.9. The Morgan fingerprint density at radius 2 is 1.76 bits per heavy atom. The molecule has 108 valence electrons. The number of nitrogen functional groups attached to an aromatic ring is 1. The van der Waals surface area contributed by atoms with Gasteiger partial charge < -0.3 is 10.6 Å². The number of hydrogen-bond donors (Lipinski definition) is 1. The third-order valence-electron chi connectivity index (χ3n) is 3.64. The van der Waals surface area contributed by atoms with Crippen molar-refractivity contribution in [3.05, 3.63) is 64.7 Å². The predicted molar refractivity (Wildman–Crippen MR) is 75.7 cm³/mol. The maximum absolute atomic E-state index is 13.2. The number of carbonyl (C=O) groups excluding carboxylic acids is 1. The number of halogens is 2. The van der Waals surface area contributed by atoms with Gasteiger partial charge in [-0.15, -0.1) is 0 Å². The van der Waals surface area contributed by atoms with Crippen molar-refractivity contribution in [1.29, 1.82) is 0 Å². The second-order valence-electron chi connectivity index (χ2n) is 5.16. The number of anilines is 1. The highest BCUT2D eigenvalue weighted by Gasteiger charge is 2.22. The highest BCUT2D eigenvalue weighted by atomic mass is 19.1. The Bertz CT molecular complexity index is 695. The molecule has 1 aliphatic rings. The summed E-state index contributed by atoms with van der Waals surface area (Å²) in [7, 11) is 0. The number of fused-ring (bicyclic) bond motifs is 1. The zero-order valence-corrected chi connectivity index (χ0v) is 11.3. The first-order chi connectivity index (χ1) is 10.0. The monoisotopic (exact) mass is 288 g/mol. The predicted octanol–water partition coefficient (Wildman–Crippen LogP) is 2.75. The van der Waals surface area contributed by atoms with E-state index in [4.69, 9.17) is 5.73 Å². The summed E-state index contributed by atoms with van der Waals surface area (Å²) in [5.41, 5.74) is 8.55. The molecule has 5 heteroatoms. The summed E-state index contributed by atoms with van der Waals surface area (Å²) >= 11 is 0. The lowest BCUT2D eigenvalue weighted by Crippen LogP contribution is -2.36. The van der Waals surface area contributed by atoms with Crippen molar-refractivity contribution in [3.8, 4) is 0 Å². The van der Waals surface area contributed by atoms with E-state index in [1.165, 1.54) is 0 Å². The van der Waals surface area contributed by atoms with Gasteiger partial charge in [0.1, 0.15) is 11.6 Å². The molecule has 21 heavy (non-hydrogen) atoms. The van der Waals surface area contributed by atoms with Crippen LogP contribution in [0.25, 0.3) is 0 Å². The van der Waals surface area contributed by atoms with Gasteiger partial charge in [0.15, 0.2) is 0 Å². The van der Waals surface area contributed by atoms with Crippen molar-refractivity contribution < 1.29 is 13.6 Å². The van der Waals surface area contributed by atoms with Crippen molar-refractivity contribution in [3.63, 3.8) is 0 Å². The minimum absolute atomic E-state index is 0.0276. The Labute approximate surface area is 121 Å². The van der Waals surface area contributed by atoms with Crippen LogP contribution in [0.2, 0.25) is 0 Å². The molecule has 0 radical (unpaired) electrons. The fourth-order valence-electron chi connectivity index (χ4n) is 2.61. The first kappa shape index (κ1) is 13.5. The molecule has 0 saturated carbocycles. The summed E-state index contributed by atoms with van der Waals surface area (Å²) < 4.78 is 26.4. The highest BCUT2D eigenvalue weighted by molar-refractivity contribution is 5.94. The summed E-state index contributed by atoms with van der Waals surface area (Å²) in [6.07, 6.45) is 0.707. The van der Waals surface area contributed by atoms with Crippen LogP contribution < -0.4 is 5.73 Å². The largest absolute Gasteiger partial charge is 0.399 e. The SMILES string of the molecule is Nc1ccc2c(c1)CN(C(=O)c1cc(F)cc(F)c1)CC2. The highest BCUT2D eigenvalue weighted by Crippen LogP contribution is 2.23. The maximum atomic E-state index is 13.2. The Morgan fingerprint density at radius 1 is 1.05 bits per heavy atom. The number of amides is 1. The van der Waals surface area contributed by atoms with Crippen LogP contribution in [0.4, 0.5) is 14.5 Å². The van der Waals surface area contributed by atoms with Gasteiger partial charge in [-0.05, 0) is 41.8 Å². The molecule has 3 rings (SSSR count). The molecule has 1 aliphatic heterocycles. The van der Waals surface area contributed by atoms with E-state index in [1.807, 2.05) is 18.2 Å². The number of rotatable bonds is 1. The Balaban J connectivity index is 1.86. The number of nitrogens with two attached hydrogens (primary N) is 1. The molecule has 1 amide bonds. The minimum Gasteiger partial charge on any atom is -0.399 e. The van der Waals surface area contributed by atoms with Crippen molar-refractivity contribution in [2.45, 2.75) is 13.0 Å². The van der Waals surface area contributed by atoms with Gasteiger partial charge in [-0.3, -0.25) is 4.79 Å². The first-order valence-corrected chi connectivity index (χ1v) is 6.65. The smallest absolute Gasteiger partial charge is 0.254 e. The van der Waals surface area contributed by atoms with Crippen LogP contribution in [0.1, 0.15) is 21.5 Å². The lowest BCUT2D eigenvalue weighted by atomic mass is 9.98. The molecule has 0 spiro atoms. The maximum Gasteiger partial charge on any atom is 0.254 e. The van der Waals surface area contributed by atoms with E-state index >= 15 is 0 Å². The lowest BCUT2D eigenvalue weighted by Gasteiger charge is -2.29. The molecule has 2 aromatic carbocycles. The zero-order valence-electron chi connectivity index (χ0n) is 11.3. The van der Waals surface area contributed by atoms with Crippen molar-refractivity contribution in [2.75, 3.05) is 12.3 Å². The van der Waals surface area contributed by atoms with Crippen molar-refractivity contribution >= 4 is 11.6 Å². The van der Waals surface area contributed by atoms with Gasteiger partial charge in [0, 0.05) is 30.4 Å². The van der Waals surface area contributed by atoms with E-state index in [9.17, 15) is 13.6 Å². The van der Waals surface area contributed by atoms with Crippen LogP contribution in [0.15, 0.2) is 36.4 Å². The number of hydrogen-bond acceptors (Lipinski definition) is 2. The van der Waals surface area contributed by atoms with E-state index in [2.05, 4.69) is 0 Å². The third-order valence-corrected chi connectivity index (χ3v) is 3.64. The molecule has 2 aromatic rings. The minimum atomic E-state index is -0.750. The van der Waals surface area contributed by atoms with Crippen molar-refractivity contribution in [2.24, 2.45) is 0 Å². The summed E-state index contributed by atoms with van der Waals surface area (Å²) in [6, 6.07) is 8.48. The second kappa shape index (κ2) is 5.16. The molecule has 0 aromatic heterocycles. The Hall–Kier alpha value is -2.43. The number of nitrogens with zero attached hydrogens (tertiary/aromatic N) is 1. The van der Waals surface area contributed by atoms with Gasteiger partial charge in [0.25, 0.3) is 5.91 Å². The summed E-state index contributed by atoms with van der Waals surface area (Å²) in [5.74, 6) is -1.87. The van der Waals surface area contributed by atoms with Crippen LogP contribution in [0.3, 0.4) is 0 Å². The Morgan fingerprint density at radius 3 is 2.48 bits per heavy atom. The molecule has 2 N–H and O–H groups in total. The molecular weight excluding hydrogens is 274 g/mol. The van der Waals surface area contributed by atoms with Gasteiger partial charge >= 0.3 is 0 Å². The van der Waals surface area contributed by atoms with E-state index < -0.39 is 11.6 Å². The first-order valence-electron chi connectivity index (χ1n) is 6.65. The van der Waals surface area contributed by atoms with Gasteiger partial charge in [-0.1, -0.05) is 6.07 Å². The second-order valence-corrected chi connectivity index (χ2v) is 5.16. The van der Waals surface area contributed by atoms with Crippen LogP contribution in [0, 0.1) is 11.6 Å². The molecule has 0 unspecified atom stereocenters. The molecule has 0 aliphatic carbocycles. The molecule has 0 fully saturated rings. The number of benzene rings is 2. The zero-order chi connectivity index (χ0) is 15.0. The quantitative estimate of drug-likeness (QED) is 0.820. The lowest BCUT2D eigenvalue weighted by molar-refractivity contribution is 0.0733. The molecule has 0 saturated heterocycles. The van der Waals surface area contributed by atoms with Crippen LogP contribution in [-0.4, -0.2) is 17.4 Å². The summed E-state index contributed by atoms with van der Waals surface area (Å²) in [5, 5.41) is 0. The summed E-state index contributed by atoms with van der Waals surface area (Å²) in [6.45, 7) is 0.922. The van der Waals surface area contributed by atoms with Gasteiger partial charge in [0.05, 0.1) is 0 Å². The van der Waals surface area contributed by atoms with Gasteiger partial charge in [0.2, 0.25) is 0 Å². The van der Waals surface area contributed by atoms with E-state index in [0.29, 0.717) is 25.2 Å². The number of carbonyl (C=O) groups is 1. The fourth-order valence-corrected chi connectivity index (χ4v) is 2.61. The van der Waals surface area contributed by atoms with Gasteiger partial charge in [-0.2, -0.15) is 0 Å². The van der Waals surface area contributed by atoms with E-state index in [-0.39, 0.29) is 11.5 Å². The average molecular weight is 288 g/mol. The van der Waals surface area contributed by atoms with Crippen LogP contribution >= 0.6 is 0 Å². The fraction of sp³-hybridized carbons (Fsp3) is 0.188. The molecule has 0 bridgehead atoms.